The van der Waals surface area contributed by atoms with Gasteiger partial charge in [-0.3, -0.25) is 0 Å². The monoisotopic (exact) mass is 174 g/mol. The van der Waals surface area contributed by atoms with Crippen LogP contribution in [-0.4, -0.2) is 30.7 Å². The van der Waals surface area contributed by atoms with Crippen molar-refractivity contribution in [2.24, 2.45) is 5.92 Å². The lowest BCUT2D eigenvalue weighted by Crippen LogP contribution is -2.33. The summed E-state index contributed by atoms with van der Waals surface area (Å²) in [5, 5.41) is 8.84. The fraction of sp³-hybridized carbons (Fsp3) is 1.00. The van der Waals surface area contributed by atoms with Gasteiger partial charge >= 0.3 is 0 Å². The van der Waals surface area contributed by atoms with E-state index in [1.54, 1.807) is 0 Å². The molecule has 1 aliphatic rings. The zero-order chi connectivity index (χ0) is 9.03. The first-order chi connectivity index (χ1) is 5.68. The van der Waals surface area contributed by atoms with E-state index < -0.39 is 5.79 Å². The van der Waals surface area contributed by atoms with Gasteiger partial charge in [0.25, 0.3) is 0 Å². The van der Waals surface area contributed by atoms with Crippen molar-refractivity contribution in [3.8, 4) is 0 Å². The van der Waals surface area contributed by atoms with Gasteiger partial charge in [0.2, 0.25) is 0 Å². The number of hydrogen-bond donors (Lipinski definition) is 1. The van der Waals surface area contributed by atoms with E-state index in [1.807, 2.05) is 0 Å². The van der Waals surface area contributed by atoms with Crippen molar-refractivity contribution < 1.29 is 14.6 Å². The summed E-state index contributed by atoms with van der Waals surface area (Å²) in [6, 6.07) is 0. The van der Waals surface area contributed by atoms with E-state index in [4.69, 9.17) is 14.6 Å². The van der Waals surface area contributed by atoms with E-state index in [1.165, 1.54) is 0 Å². The van der Waals surface area contributed by atoms with E-state index in [0.29, 0.717) is 25.6 Å². The second kappa shape index (κ2) is 4.21. The minimum atomic E-state index is -0.483. The Bertz CT molecular complexity index is 128. The molecule has 0 amide bonds. The van der Waals surface area contributed by atoms with E-state index in [2.05, 4.69) is 13.8 Å². The van der Waals surface area contributed by atoms with Crippen LogP contribution in [-0.2, 0) is 9.47 Å². The molecule has 0 aliphatic carbocycles. The molecule has 1 heterocycles. The molecular formula is C9H18O3. The highest BCUT2D eigenvalue weighted by Crippen LogP contribution is 2.30. The van der Waals surface area contributed by atoms with Crippen LogP contribution in [0.25, 0.3) is 0 Å². The molecule has 1 N–H and O–H groups in total. The van der Waals surface area contributed by atoms with Crippen LogP contribution in [0.4, 0.5) is 0 Å². The van der Waals surface area contributed by atoms with Gasteiger partial charge in [-0.15, -0.1) is 0 Å². The Morgan fingerprint density at radius 2 is 1.92 bits per heavy atom. The average molecular weight is 174 g/mol. The van der Waals surface area contributed by atoms with Crippen molar-refractivity contribution in [2.75, 3.05) is 19.8 Å². The van der Waals surface area contributed by atoms with Crippen LogP contribution in [0.3, 0.4) is 0 Å². The normalized spacial score (nSPS) is 22.0. The summed E-state index contributed by atoms with van der Waals surface area (Å²) in [7, 11) is 0. The van der Waals surface area contributed by atoms with Crippen molar-refractivity contribution in [3.05, 3.63) is 0 Å². The van der Waals surface area contributed by atoms with Crippen LogP contribution >= 0.6 is 0 Å². The molecule has 72 valence electrons. The molecule has 0 aromatic carbocycles. The molecule has 1 rings (SSSR count). The van der Waals surface area contributed by atoms with Gasteiger partial charge in [0.05, 0.1) is 13.2 Å². The molecule has 1 fully saturated rings. The molecule has 1 saturated heterocycles. The van der Waals surface area contributed by atoms with Crippen LogP contribution in [0, 0.1) is 5.92 Å². The van der Waals surface area contributed by atoms with E-state index in [9.17, 15) is 0 Å². The fourth-order valence-corrected chi connectivity index (χ4v) is 1.65. The summed E-state index contributed by atoms with van der Waals surface area (Å²) in [5.41, 5.74) is 0. The Morgan fingerprint density at radius 3 is 2.33 bits per heavy atom. The smallest absolute Gasteiger partial charge is 0.170 e. The lowest BCUT2D eigenvalue weighted by Gasteiger charge is -2.28. The van der Waals surface area contributed by atoms with E-state index >= 15 is 0 Å². The standard InChI is InChI=1S/C9H18O3/c1-8(2)7-9(3-4-10)11-5-6-12-9/h8,10H,3-7H2,1-2H3. The Balaban J connectivity index is 2.46. The number of aliphatic hydroxyl groups excluding tert-OH is 1. The van der Waals surface area contributed by atoms with Gasteiger partial charge in [0, 0.05) is 19.4 Å². The number of rotatable bonds is 4. The first kappa shape index (κ1) is 9.96. The highest BCUT2D eigenvalue weighted by Gasteiger charge is 2.36. The summed E-state index contributed by atoms with van der Waals surface area (Å²) in [6.07, 6.45) is 1.46. The first-order valence-corrected chi connectivity index (χ1v) is 4.57. The average Bonchev–Trinajstić information content (AvgIpc) is 2.36. The molecule has 0 spiro atoms. The molecule has 0 aromatic rings. The van der Waals surface area contributed by atoms with Crippen LogP contribution in [0.2, 0.25) is 0 Å². The summed E-state index contributed by atoms with van der Waals surface area (Å²) < 4.78 is 11.0. The van der Waals surface area contributed by atoms with Crippen LogP contribution in [0.15, 0.2) is 0 Å². The fourth-order valence-electron chi connectivity index (χ4n) is 1.65. The van der Waals surface area contributed by atoms with Crippen molar-refractivity contribution in [3.63, 3.8) is 0 Å². The van der Waals surface area contributed by atoms with Crippen LogP contribution in [0.5, 0.6) is 0 Å². The predicted molar refractivity (Wildman–Crippen MR) is 45.8 cm³/mol. The SMILES string of the molecule is CC(C)CC1(CCO)OCCO1. The molecule has 0 unspecified atom stereocenters. The van der Waals surface area contributed by atoms with Gasteiger partial charge in [-0.25, -0.2) is 0 Å². The largest absolute Gasteiger partial charge is 0.396 e. The molecule has 0 radical (unpaired) electrons. The second-order valence-electron chi connectivity index (χ2n) is 3.68. The minimum Gasteiger partial charge on any atom is -0.396 e. The number of hydrogen-bond acceptors (Lipinski definition) is 3. The van der Waals surface area contributed by atoms with Crippen molar-refractivity contribution >= 4 is 0 Å². The zero-order valence-electron chi connectivity index (χ0n) is 7.88. The van der Waals surface area contributed by atoms with Crippen LogP contribution in [0.1, 0.15) is 26.7 Å². The molecule has 0 atom stereocenters. The van der Waals surface area contributed by atoms with Crippen molar-refractivity contribution in [2.45, 2.75) is 32.5 Å². The Morgan fingerprint density at radius 1 is 1.33 bits per heavy atom. The molecule has 12 heavy (non-hydrogen) atoms. The van der Waals surface area contributed by atoms with Crippen molar-refractivity contribution in [1.29, 1.82) is 0 Å². The predicted octanol–water partition coefficient (Wildman–Crippen LogP) is 1.16. The minimum absolute atomic E-state index is 0.132. The maximum absolute atomic E-state index is 8.84. The molecule has 3 heteroatoms. The first-order valence-electron chi connectivity index (χ1n) is 4.57. The van der Waals surface area contributed by atoms with Crippen LogP contribution < -0.4 is 0 Å². The zero-order valence-corrected chi connectivity index (χ0v) is 7.88. The van der Waals surface area contributed by atoms with Gasteiger partial charge in [-0.1, -0.05) is 13.8 Å². The Hall–Kier alpha value is -0.120. The van der Waals surface area contributed by atoms with Gasteiger partial charge in [-0.05, 0) is 5.92 Å². The molecular weight excluding hydrogens is 156 g/mol. The third-order valence-electron chi connectivity index (χ3n) is 2.03. The lowest BCUT2D eigenvalue weighted by atomic mass is 10.0. The quantitative estimate of drug-likeness (QED) is 0.695. The van der Waals surface area contributed by atoms with Gasteiger partial charge < -0.3 is 14.6 Å². The third-order valence-corrected chi connectivity index (χ3v) is 2.03. The van der Waals surface area contributed by atoms with Gasteiger partial charge in [-0.2, -0.15) is 0 Å². The summed E-state index contributed by atoms with van der Waals surface area (Å²) in [4.78, 5) is 0. The number of aliphatic hydroxyl groups is 1. The highest BCUT2D eigenvalue weighted by atomic mass is 16.7. The Labute approximate surface area is 73.7 Å². The van der Waals surface area contributed by atoms with E-state index in [-0.39, 0.29) is 6.61 Å². The topological polar surface area (TPSA) is 38.7 Å². The lowest BCUT2D eigenvalue weighted by molar-refractivity contribution is -0.177. The molecule has 3 nitrogen and oxygen atoms in total. The number of ether oxygens (including phenoxy) is 2. The third kappa shape index (κ3) is 2.44. The summed E-state index contributed by atoms with van der Waals surface area (Å²) in [5.74, 6) is 0.0535. The maximum atomic E-state index is 8.84. The Kier molecular flexibility index (Phi) is 3.50. The second-order valence-corrected chi connectivity index (χ2v) is 3.68. The van der Waals surface area contributed by atoms with Crippen molar-refractivity contribution in [1.82, 2.24) is 0 Å². The molecule has 0 saturated carbocycles. The van der Waals surface area contributed by atoms with E-state index in [0.717, 1.165) is 6.42 Å². The summed E-state index contributed by atoms with van der Waals surface area (Å²) >= 11 is 0. The van der Waals surface area contributed by atoms with Gasteiger partial charge in [0.1, 0.15) is 0 Å². The highest BCUT2D eigenvalue weighted by molar-refractivity contribution is 4.75. The van der Waals surface area contributed by atoms with Gasteiger partial charge in [0.15, 0.2) is 5.79 Å². The molecule has 0 aromatic heterocycles. The molecule has 1 aliphatic heterocycles. The maximum Gasteiger partial charge on any atom is 0.170 e. The summed E-state index contributed by atoms with van der Waals surface area (Å²) in [6.45, 7) is 5.71. The molecule has 0 bridgehead atoms.